The van der Waals surface area contributed by atoms with Crippen molar-refractivity contribution >= 4 is 11.9 Å². The van der Waals surface area contributed by atoms with E-state index in [0.29, 0.717) is 12.4 Å². The molecule has 0 aromatic heterocycles. The van der Waals surface area contributed by atoms with E-state index in [-0.39, 0.29) is 6.61 Å². The van der Waals surface area contributed by atoms with Crippen molar-refractivity contribution in [2.75, 3.05) is 13.7 Å². The van der Waals surface area contributed by atoms with Gasteiger partial charge in [-0.25, -0.2) is 4.79 Å². The zero-order valence-electron chi connectivity index (χ0n) is 13.3. The molecule has 0 radical (unpaired) electrons. The van der Waals surface area contributed by atoms with Crippen LogP contribution < -0.4 is 10.1 Å². The van der Waals surface area contributed by atoms with Crippen LogP contribution in [0.25, 0.3) is 0 Å². The highest BCUT2D eigenvalue weighted by atomic mass is 16.6. The number of esters is 1. The SMILES string of the molecule is COC(=O)C(NC(=O)COCc1ccccc1)Oc1ccccc1. The van der Waals surface area contributed by atoms with E-state index < -0.39 is 18.1 Å². The fourth-order valence-electron chi connectivity index (χ4n) is 1.90. The van der Waals surface area contributed by atoms with Gasteiger partial charge in [0.2, 0.25) is 5.91 Å². The number of carbonyl (C=O) groups is 2. The Morgan fingerprint density at radius 2 is 1.62 bits per heavy atom. The Morgan fingerprint density at radius 1 is 1.00 bits per heavy atom. The molecule has 6 heteroatoms. The van der Waals surface area contributed by atoms with E-state index in [1.165, 1.54) is 7.11 Å². The average molecular weight is 329 g/mol. The third kappa shape index (κ3) is 5.73. The maximum absolute atomic E-state index is 11.9. The number of nitrogens with one attached hydrogen (secondary N) is 1. The lowest BCUT2D eigenvalue weighted by atomic mass is 10.2. The Bertz CT molecular complexity index is 645. The van der Waals surface area contributed by atoms with Gasteiger partial charge >= 0.3 is 5.97 Å². The van der Waals surface area contributed by atoms with Gasteiger partial charge in [-0.1, -0.05) is 48.5 Å². The summed E-state index contributed by atoms with van der Waals surface area (Å²) in [4.78, 5) is 23.7. The molecule has 2 aromatic carbocycles. The highest BCUT2D eigenvalue weighted by molar-refractivity contribution is 5.84. The highest BCUT2D eigenvalue weighted by Crippen LogP contribution is 2.10. The van der Waals surface area contributed by atoms with Gasteiger partial charge < -0.3 is 19.5 Å². The summed E-state index contributed by atoms with van der Waals surface area (Å²) in [5.74, 6) is -0.731. The largest absolute Gasteiger partial charge is 0.465 e. The molecule has 24 heavy (non-hydrogen) atoms. The number of carbonyl (C=O) groups excluding carboxylic acids is 2. The monoisotopic (exact) mass is 329 g/mol. The number of methoxy groups -OCH3 is 1. The molecule has 2 aromatic rings. The number of hydrogen-bond acceptors (Lipinski definition) is 5. The van der Waals surface area contributed by atoms with Crippen LogP contribution in [-0.4, -0.2) is 31.8 Å². The Labute approximate surface area is 140 Å². The van der Waals surface area contributed by atoms with Crippen LogP contribution in [0.3, 0.4) is 0 Å². The lowest BCUT2D eigenvalue weighted by molar-refractivity contribution is -0.153. The molecule has 0 aliphatic rings. The van der Waals surface area contributed by atoms with Crippen LogP contribution in [0.1, 0.15) is 5.56 Å². The van der Waals surface area contributed by atoms with Gasteiger partial charge in [-0.2, -0.15) is 0 Å². The van der Waals surface area contributed by atoms with Crippen LogP contribution in [0.15, 0.2) is 60.7 Å². The van der Waals surface area contributed by atoms with E-state index in [4.69, 9.17) is 9.47 Å². The van der Waals surface area contributed by atoms with Gasteiger partial charge in [0.1, 0.15) is 12.4 Å². The molecule has 126 valence electrons. The summed E-state index contributed by atoms with van der Waals surface area (Å²) < 4.78 is 15.4. The second kappa shape index (κ2) is 9.32. The van der Waals surface area contributed by atoms with Crippen molar-refractivity contribution in [2.45, 2.75) is 12.8 Å². The van der Waals surface area contributed by atoms with Crippen LogP contribution in [0.2, 0.25) is 0 Å². The fourth-order valence-corrected chi connectivity index (χ4v) is 1.90. The van der Waals surface area contributed by atoms with E-state index in [1.54, 1.807) is 24.3 Å². The smallest absolute Gasteiger partial charge is 0.368 e. The van der Waals surface area contributed by atoms with Crippen molar-refractivity contribution in [1.82, 2.24) is 5.32 Å². The highest BCUT2D eigenvalue weighted by Gasteiger charge is 2.23. The van der Waals surface area contributed by atoms with Gasteiger partial charge in [-0.15, -0.1) is 0 Å². The summed E-state index contributed by atoms with van der Waals surface area (Å²) in [7, 11) is 1.22. The maximum Gasteiger partial charge on any atom is 0.368 e. The topological polar surface area (TPSA) is 73.9 Å². The molecule has 6 nitrogen and oxygen atoms in total. The molecule has 1 N–H and O–H groups in total. The van der Waals surface area contributed by atoms with Crippen molar-refractivity contribution in [1.29, 1.82) is 0 Å². The molecule has 0 heterocycles. The number of benzene rings is 2. The first-order valence-electron chi connectivity index (χ1n) is 7.39. The van der Waals surface area contributed by atoms with Crippen molar-refractivity contribution in [3.05, 3.63) is 66.2 Å². The van der Waals surface area contributed by atoms with Crippen molar-refractivity contribution in [3.63, 3.8) is 0 Å². The number of ether oxygens (including phenoxy) is 3. The Morgan fingerprint density at radius 3 is 2.25 bits per heavy atom. The van der Waals surface area contributed by atoms with E-state index in [2.05, 4.69) is 10.1 Å². The molecule has 0 fully saturated rings. The number of amides is 1. The molecule has 0 saturated carbocycles. The third-order valence-electron chi connectivity index (χ3n) is 3.05. The van der Waals surface area contributed by atoms with Crippen molar-refractivity contribution < 1.29 is 23.8 Å². The second-order valence-corrected chi connectivity index (χ2v) is 4.88. The van der Waals surface area contributed by atoms with Gasteiger partial charge in [-0.3, -0.25) is 4.79 Å². The van der Waals surface area contributed by atoms with Gasteiger partial charge in [0.15, 0.2) is 0 Å². The number of rotatable bonds is 8. The van der Waals surface area contributed by atoms with Gasteiger partial charge in [0.05, 0.1) is 13.7 Å². The van der Waals surface area contributed by atoms with Gasteiger partial charge in [0.25, 0.3) is 6.23 Å². The molecule has 0 spiro atoms. The minimum Gasteiger partial charge on any atom is -0.465 e. The van der Waals surface area contributed by atoms with Crippen LogP contribution >= 0.6 is 0 Å². The standard InChI is InChI=1S/C18H19NO5/c1-22-18(21)17(24-15-10-6-3-7-11-15)19-16(20)13-23-12-14-8-4-2-5-9-14/h2-11,17H,12-13H2,1H3,(H,19,20). The van der Waals surface area contributed by atoms with E-state index >= 15 is 0 Å². The zero-order chi connectivity index (χ0) is 17.2. The predicted molar refractivity (Wildman–Crippen MR) is 87.1 cm³/mol. The van der Waals surface area contributed by atoms with Crippen LogP contribution in [0.5, 0.6) is 5.75 Å². The molecule has 2 rings (SSSR count). The van der Waals surface area contributed by atoms with E-state index in [9.17, 15) is 9.59 Å². The first-order valence-corrected chi connectivity index (χ1v) is 7.39. The summed E-state index contributed by atoms with van der Waals surface area (Å²) in [6.07, 6.45) is -1.23. The molecule has 0 bridgehead atoms. The van der Waals surface area contributed by atoms with Crippen molar-refractivity contribution in [2.24, 2.45) is 0 Å². The number of para-hydroxylation sites is 1. The molecular formula is C18H19NO5. The molecule has 0 saturated heterocycles. The van der Waals surface area contributed by atoms with Crippen LogP contribution in [0, 0.1) is 0 Å². The van der Waals surface area contributed by atoms with Gasteiger partial charge in [-0.05, 0) is 17.7 Å². The van der Waals surface area contributed by atoms with Crippen molar-refractivity contribution in [3.8, 4) is 5.75 Å². The summed E-state index contributed by atoms with van der Waals surface area (Å²) in [6.45, 7) is 0.108. The van der Waals surface area contributed by atoms with Gasteiger partial charge in [0, 0.05) is 0 Å². The Balaban J connectivity index is 1.84. The second-order valence-electron chi connectivity index (χ2n) is 4.88. The van der Waals surface area contributed by atoms with Crippen LogP contribution in [-0.2, 0) is 25.7 Å². The van der Waals surface area contributed by atoms with E-state index in [1.807, 2.05) is 36.4 Å². The Kier molecular flexibility index (Phi) is 6.79. The summed E-state index contributed by atoms with van der Waals surface area (Å²) in [5, 5.41) is 2.44. The molecular weight excluding hydrogens is 310 g/mol. The summed E-state index contributed by atoms with van der Waals surface area (Å²) in [6, 6.07) is 18.2. The average Bonchev–Trinajstić information content (AvgIpc) is 2.62. The summed E-state index contributed by atoms with van der Waals surface area (Å²) in [5.41, 5.74) is 0.954. The molecule has 1 atom stereocenters. The lowest BCUT2D eigenvalue weighted by Gasteiger charge is -2.18. The normalized spacial score (nSPS) is 11.4. The third-order valence-corrected chi connectivity index (χ3v) is 3.05. The molecule has 0 aliphatic heterocycles. The first-order chi connectivity index (χ1) is 11.7. The van der Waals surface area contributed by atoms with Crippen LogP contribution in [0.4, 0.5) is 0 Å². The molecule has 0 aliphatic carbocycles. The fraction of sp³-hybridized carbons (Fsp3) is 0.222. The Hall–Kier alpha value is -2.86. The van der Waals surface area contributed by atoms with E-state index in [0.717, 1.165) is 5.56 Å². The maximum atomic E-state index is 11.9. The predicted octanol–water partition coefficient (Wildman–Crippen LogP) is 1.90. The zero-order valence-corrected chi connectivity index (χ0v) is 13.3. The lowest BCUT2D eigenvalue weighted by Crippen LogP contribution is -2.46. The molecule has 1 amide bonds. The molecule has 1 unspecified atom stereocenters. The quantitative estimate of drug-likeness (QED) is 0.591. The first kappa shape index (κ1) is 17.5. The summed E-state index contributed by atoms with van der Waals surface area (Å²) >= 11 is 0. The minimum atomic E-state index is -1.23. The number of hydrogen-bond donors (Lipinski definition) is 1. The minimum absolute atomic E-state index is 0.194.